The predicted molar refractivity (Wildman–Crippen MR) is 103 cm³/mol. The van der Waals surface area contributed by atoms with Gasteiger partial charge in [-0.2, -0.15) is 0 Å². The molecule has 0 aromatic carbocycles. The SMILES string of the molecule is O=C(O)CN1CCN2CCN(CC2)CCN(CC(=O)O)Cc2cccc(n2)C1. The fraction of sp³-hybridized carbons (Fsp3) is 0.632. The summed E-state index contributed by atoms with van der Waals surface area (Å²) < 4.78 is 0. The monoisotopic (exact) mass is 391 g/mol. The Bertz CT molecular complexity index is 625. The van der Waals surface area contributed by atoms with Crippen molar-refractivity contribution >= 4 is 11.9 Å². The first kappa shape index (κ1) is 20.7. The summed E-state index contributed by atoms with van der Waals surface area (Å²) in [5, 5.41) is 18.5. The van der Waals surface area contributed by atoms with E-state index in [1.807, 2.05) is 28.0 Å². The zero-order valence-electron chi connectivity index (χ0n) is 16.2. The van der Waals surface area contributed by atoms with Gasteiger partial charge in [-0.1, -0.05) is 6.07 Å². The number of carbonyl (C=O) groups is 2. The van der Waals surface area contributed by atoms with Crippen LogP contribution >= 0.6 is 0 Å². The van der Waals surface area contributed by atoms with Crippen LogP contribution in [0.15, 0.2) is 18.2 Å². The molecule has 0 saturated carbocycles. The summed E-state index contributed by atoms with van der Waals surface area (Å²) in [6.07, 6.45) is 0. The van der Waals surface area contributed by atoms with Gasteiger partial charge in [0.05, 0.1) is 24.5 Å². The van der Waals surface area contributed by atoms with Gasteiger partial charge in [0.15, 0.2) is 0 Å². The molecule has 1 aromatic heterocycles. The quantitative estimate of drug-likeness (QED) is 0.702. The van der Waals surface area contributed by atoms with E-state index in [1.54, 1.807) is 0 Å². The second-order valence-corrected chi connectivity index (χ2v) is 7.51. The number of rotatable bonds is 4. The number of nitrogens with zero attached hydrogens (tertiary/aromatic N) is 5. The van der Waals surface area contributed by atoms with Gasteiger partial charge in [-0.25, -0.2) is 0 Å². The van der Waals surface area contributed by atoms with E-state index in [-0.39, 0.29) is 13.1 Å². The zero-order valence-corrected chi connectivity index (χ0v) is 16.2. The Balaban J connectivity index is 1.79. The molecule has 0 unspecified atom stereocenters. The van der Waals surface area contributed by atoms with Gasteiger partial charge in [0.1, 0.15) is 0 Å². The third-order valence-corrected chi connectivity index (χ3v) is 5.28. The second-order valence-electron chi connectivity index (χ2n) is 7.51. The normalized spacial score (nSPS) is 25.0. The molecule has 0 atom stereocenters. The van der Waals surface area contributed by atoms with Crippen molar-refractivity contribution in [3.05, 3.63) is 29.6 Å². The van der Waals surface area contributed by atoms with Crippen LogP contribution in [0.2, 0.25) is 0 Å². The fourth-order valence-electron chi connectivity index (χ4n) is 3.78. The van der Waals surface area contributed by atoms with Crippen LogP contribution in [0, 0.1) is 0 Å². The van der Waals surface area contributed by atoms with Crippen LogP contribution in [-0.4, -0.2) is 112 Å². The van der Waals surface area contributed by atoms with E-state index in [4.69, 9.17) is 0 Å². The highest BCUT2D eigenvalue weighted by atomic mass is 16.4. The summed E-state index contributed by atoms with van der Waals surface area (Å²) in [7, 11) is 0. The molecule has 1 aromatic rings. The highest BCUT2D eigenvalue weighted by Gasteiger charge is 2.21. The summed E-state index contributed by atoms with van der Waals surface area (Å²) in [6, 6.07) is 5.70. The maximum atomic E-state index is 11.3. The van der Waals surface area contributed by atoms with Gasteiger partial charge in [-0.3, -0.25) is 34.2 Å². The van der Waals surface area contributed by atoms with Gasteiger partial charge in [-0.15, -0.1) is 0 Å². The summed E-state index contributed by atoms with van der Waals surface area (Å²) in [6.45, 7) is 7.76. The number of hydrogen-bond donors (Lipinski definition) is 2. The number of carboxylic acids is 2. The minimum atomic E-state index is -0.841. The first-order valence-corrected chi connectivity index (χ1v) is 9.76. The Morgan fingerprint density at radius 2 is 1.14 bits per heavy atom. The fourth-order valence-corrected chi connectivity index (χ4v) is 3.78. The van der Waals surface area contributed by atoms with Gasteiger partial charge in [0, 0.05) is 65.4 Å². The molecule has 0 amide bonds. The van der Waals surface area contributed by atoms with E-state index >= 15 is 0 Å². The van der Waals surface area contributed by atoms with Crippen LogP contribution in [0.4, 0.5) is 0 Å². The van der Waals surface area contributed by atoms with Crippen LogP contribution in [0.5, 0.6) is 0 Å². The average Bonchev–Trinajstić information content (AvgIpc) is 2.64. The smallest absolute Gasteiger partial charge is 0.317 e. The standard InChI is InChI=1S/C19H29N5O4/c25-18(26)14-23-10-8-21-4-6-22(7-5-21)9-11-24(15-19(27)28)13-17-3-1-2-16(12-23)20-17/h1-3H,4-15H2,(H,25,26)(H,27,28). The van der Waals surface area contributed by atoms with Gasteiger partial charge in [-0.05, 0) is 12.1 Å². The minimum absolute atomic E-state index is 0.0169. The highest BCUT2D eigenvalue weighted by Crippen LogP contribution is 2.10. The number of pyridine rings is 1. The Kier molecular flexibility index (Phi) is 7.32. The molecule has 3 aliphatic heterocycles. The molecular weight excluding hydrogens is 362 g/mol. The minimum Gasteiger partial charge on any atom is -0.480 e. The highest BCUT2D eigenvalue weighted by molar-refractivity contribution is 5.69. The van der Waals surface area contributed by atoms with Gasteiger partial charge >= 0.3 is 11.9 Å². The number of fused-ring (bicyclic) bond motifs is 8. The molecule has 1 fully saturated rings. The van der Waals surface area contributed by atoms with Crippen molar-refractivity contribution in [1.29, 1.82) is 0 Å². The Labute approximate surface area is 165 Å². The van der Waals surface area contributed by atoms with Crippen LogP contribution in [0.25, 0.3) is 0 Å². The summed E-state index contributed by atoms with van der Waals surface area (Å²) >= 11 is 0. The number of piperazine rings is 1. The lowest BCUT2D eigenvalue weighted by Gasteiger charge is -2.36. The van der Waals surface area contributed by atoms with Gasteiger partial charge < -0.3 is 10.2 Å². The maximum Gasteiger partial charge on any atom is 0.317 e. The van der Waals surface area contributed by atoms with Crippen molar-refractivity contribution in [2.24, 2.45) is 0 Å². The molecule has 4 bridgehead atoms. The maximum absolute atomic E-state index is 11.3. The van der Waals surface area contributed by atoms with Crippen molar-refractivity contribution in [1.82, 2.24) is 24.6 Å². The molecule has 2 N–H and O–H groups in total. The van der Waals surface area contributed by atoms with Crippen LogP contribution < -0.4 is 0 Å². The van der Waals surface area contributed by atoms with E-state index < -0.39 is 11.9 Å². The van der Waals surface area contributed by atoms with Crippen LogP contribution in [-0.2, 0) is 22.7 Å². The lowest BCUT2D eigenvalue weighted by atomic mass is 10.2. The van der Waals surface area contributed by atoms with Crippen molar-refractivity contribution in [2.45, 2.75) is 13.1 Å². The Morgan fingerprint density at radius 1 is 0.750 bits per heavy atom. The van der Waals surface area contributed by atoms with Crippen LogP contribution in [0.1, 0.15) is 11.4 Å². The molecule has 1 saturated heterocycles. The predicted octanol–water partition coefficient (Wildman–Crippen LogP) is -0.514. The first-order chi connectivity index (χ1) is 13.5. The summed E-state index contributed by atoms with van der Waals surface area (Å²) in [5.74, 6) is -1.68. The Hall–Kier alpha value is -2.07. The van der Waals surface area contributed by atoms with E-state index in [9.17, 15) is 19.8 Å². The third kappa shape index (κ3) is 6.52. The molecule has 28 heavy (non-hydrogen) atoms. The van der Waals surface area contributed by atoms with Crippen molar-refractivity contribution in [3.63, 3.8) is 0 Å². The van der Waals surface area contributed by atoms with E-state index in [1.165, 1.54) is 0 Å². The van der Waals surface area contributed by atoms with Crippen molar-refractivity contribution < 1.29 is 19.8 Å². The molecule has 0 radical (unpaired) electrons. The molecule has 9 heteroatoms. The number of hydrogen-bond acceptors (Lipinski definition) is 7. The molecule has 0 aliphatic carbocycles. The van der Waals surface area contributed by atoms with E-state index in [0.29, 0.717) is 26.2 Å². The largest absolute Gasteiger partial charge is 0.480 e. The topological polar surface area (TPSA) is 100 Å². The average molecular weight is 391 g/mol. The molecule has 3 aliphatic rings. The number of aliphatic carboxylic acids is 2. The Morgan fingerprint density at radius 3 is 1.54 bits per heavy atom. The van der Waals surface area contributed by atoms with Gasteiger partial charge in [0.25, 0.3) is 0 Å². The third-order valence-electron chi connectivity index (χ3n) is 5.28. The number of aromatic nitrogens is 1. The first-order valence-electron chi connectivity index (χ1n) is 9.76. The second kappa shape index (κ2) is 9.92. The van der Waals surface area contributed by atoms with Crippen molar-refractivity contribution in [2.75, 3.05) is 65.4 Å². The lowest BCUT2D eigenvalue weighted by Crippen LogP contribution is -2.50. The summed E-state index contributed by atoms with van der Waals surface area (Å²) in [5.41, 5.74) is 1.62. The number of carboxylic acid groups (broad SMARTS) is 2. The van der Waals surface area contributed by atoms with Gasteiger partial charge in [0.2, 0.25) is 0 Å². The van der Waals surface area contributed by atoms with Crippen molar-refractivity contribution in [3.8, 4) is 0 Å². The molecule has 9 nitrogen and oxygen atoms in total. The molecule has 0 spiro atoms. The van der Waals surface area contributed by atoms with Crippen LogP contribution in [0.3, 0.4) is 0 Å². The molecule has 154 valence electrons. The van der Waals surface area contributed by atoms with E-state index in [0.717, 1.165) is 50.7 Å². The molecular formula is C19H29N5O4. The lowest BCUT2D eigenvalue weighted by molar-refractivity contribution is -0.139. The summed E-state index contributed by atoms with van der Waals surface area (Å²) in [4.78, 5) is 35.8. The molecule has 4 rings (SSSR count). The van der Waals surface area contributed by atoms with E-state index in [2.05, 4.69) is 14.8 Å². The molecule has 4 heterocycles. The zero-order chi connectivity index (χ0) is 19.9.